The summed E-state index contributed by atoms with van der Waals surface area (Å²) in [5, 5.41) is 6.73. The number of likely N-dealkylation sites (N-methyl/N-ethyl adjacent to an activating group) is 1. The van der Waals surface area contributed by atoms with Crippen LogP contribution in [0.5, 0.6) is 0 Å². The summed E-state index contributed by atoms with van der Waals surface area (Å²) < 4.78 is 0. The van der Waals surface area contributed by atoms with Gasteiger partial charge in [-0.3, -0.25) is 4.84 Å². The monoisotopic (exact) mass is 300 g/mol. The molecule has 1 rings (SSSR count). The normalized spacial score (nSPS) is 20.1. The van der Waals surface area contributed by atoms with Crippen molar-refractivity contribution < 1.29 is 4.84 Å². The van der Waals surface area contributed by atoms with E-state index in [0.717, 1.165) is 26.2 Å². The van der Waals surface area contributed by atoms with Gasteiger partial charge in [-0.2, -0.15) is 10.0 Å². The van der Waals surface area contributed by atoms with Crippen LogP contribution in [-0.4, -0.2) is 65.7 Å². The third-order valence-electron chi connectivity index (χ3n) is 4.17. The molecule has 1 unspecified atom stereocenters. The fourth-order valence-corrected chi connectivity index (χ4v) is 2.61. The average Bonchev–Trinajstić information content (AvgIpc) is 2.47. The quantitative estimate of drug-likeness (QED) is 0.583. The minimum Gasteiger partial charge on any atom is -0.304 e. The third-order valence-corrected chi connectivity index (χ3v) is 4.17. The lowest BCUT2D eigenvalue weighted by Gasteiger charge is -2.57. The van der Waals surface area contributed by atoms with Crippen molar-refractivity contribution >= 4 is 0 Å². The Hall–Kier alpha value is -0.200. The zero-order chi connectivity index (χ0) is 15.8. The molecular weight excluding hydrogens is 264 g/mol. The molecule has 0 radical (unpaired) electrons. The molecule has 1 aliphatic rings. The molecule has 0 spiro atoms. The molecule has 126 valence electrons. The number of rotatable bonds is 11. The maximum Gasteiger partial charge on any atom is 0.0937 e. The van der Waals surface area contributed by atoms with Crippen LogP contribution in [0.1, 0.15) is 60.3 Å². The molecule has 0 aromatic heterocycles. The zero-order valence-electron chi connectivity index (χ0n) is 15.0. The van der Waals surface area contributed by atoms with E-state index in [4.69, 9.17) is 4.84 Å². The SMILES string of the molecule is CCCCN1C(C)N(CCCC)N1OC(C)CN(C)CC. The maximum atomic E-state index is 6.19. The third kappa shape index (κ3) is 5.49. The molecule has 0 aromatic rings. The maximum absolute atomic E-state index is 6.19. The van der Waals surface area contributed by atoms with Crippen LogP contribution >= 0.6 is 0 Å². The summed E-state index contributed by atoms with van der Waals surface area (Å²) in [6, 6.07) is 0. The number of nitrogens with zero attached hydrogens (tertiary/aromatic N) is 4. The molecule has 5 nitrogen and oxygen atoms in total. The Morgan fingerprint density at radius 2 is 1.57 bits per heavy atom. The Labute approximate surface area is 131 Å². The molecule has 0 aromatic carbocycles. The largest absolute Gasteiger partial charge is 0.304 e. The molecule has 1 fully saturated rings. The average molecular weight is 300 g/mol. The summed E-state index contributed by atoms with van der Waals surface area (Å²) in [5.74, 6) is 0. The molecule has 1 saturated heterocycles. The Morgan fingerprint density at radius 3 is 2.00 bits per heavy atom. The second kappa shape index (κ2) is 9.74. The first-order chi connectivity index (χ1) is 10.0. The Morgan fingerprint density at radius 1 is 1.05 bits per heavy atom. The summed E-state index contributed by atoms with van der Waals surface area (Å²) in [7, 11) is 2.14. The van der Waals surface area contributed by atoms with Gasteiger partial charge in [0.2, 0.25) is 0 Å². The van der Waals surface area contributed by atoms with E-state index in [9.17, 15) is 0 Å². The number of hydrazine groups is 2. The highest BCUT2D eigenvalue weighted by atomic mass is 16.8. The molecule has 0 amide bonds. The van der Waals surface area contributed by atoms with Gasteiger partial charge in [-0.25, -0.2) is 0 Å². The number of hydrogen-bond acceptors (Lipinski definition) is 5. The lowest BCUT2D eigenvalue weighted by atomic mass is 10.3. The molecule has 1 atom stereocenters. The molecule has 1 heterocycles. The predicted molar refractivity (Wildman–Crippen MR) is 88.2 cm³/mol. The van der Waals surface area contributed by atoms with Crippen molar-refractivity contribution in [3.8, 4) is 0 Å². The van der Waals surface area contributed by atoms with E-state index in [1.165, 1.54) is 25.7 Å². The van der Waals surface area contributed by atoms with Gasteiger partial charge >= 0.3 is 0 Å². The second-order valence-corrected chi connectivity index (χ2v) is 6.19. The minimum atomic E-state index is 0.204. The van der Waals surface area contributed by atoms with Gasteiger partial charge in [0.05, 0.1) is 12.3 Å². The highest BCUT2D eigenvalue weighted by Crippen LogP contribution is 2.27. The van der Waals surface area contributed by atoms with Gasteiger partial charge in [-0.1, -0.05) is 33.6 Å². The molecule has 0 aliphatic carbocycles. The van der Waals surface area contributed by atoms with Crippen molar-refractivity contribution in [3.63, 3.8) is 0 Å². The highest BCUT2D eigenvalue weighted by molar-refractivity contribution is 4.72. The Kier molecular flexibility index (Phi) is 8.74. The van der Waals surface area contributed by atoms with Crippen LogP contribution in [0.25, 0.3) is 0 Å². The summed E-state index contributed by atoms with van der Waals surface area (Å²) in [5.41, 5.74) is 0. The predicted octanol–water partition coefficient (Wildman–Crippen LogP) is 2.95. The van der Waals surface area contributed by atoms with Gasteiger partial charge in [-0.15, -0.1) is 0 Å². The Balaban J connectivity index is 2.53. The van der Waals surface area contributed by atoms with E-state index in [0.29, 0.717) is 6.17 Å². The fourth-order valence-electron chi connectivity index (χ4n) is 2.61. The summed E-state index contributed by atoms with van der Waals surface area (Å²) in [6.45, 7) is 15.3. The van der Waals surface area contributed by atoms with Gasteiger partial charge in [0.25, 0.3) is 0 Å². The van der Waals surface area contributed by atoms with Crippen LogP contribution in [0.15, 0.2) is 0 Å². The van der Waals surface area contributed by atoms with E-state index in [1.807, 2.05) is 5.28 Å². The van der Waals surface area contributed by atoms with Gasteiger partial charge in [0.15, 0.2) is 0 Å². The molecule has 0 saturated carbocycles. The molecule has 21 heavy (non-hydrogen) atoms. The Bertz CT molecular complexity index is 261. The van der Waals surface area contributed by atoms with Crippen molar-refractivity contribution in [2.45, 2.75) is 72.6 Å². The minimum absolute atomic E-state index is 0.204. The van der Waals surface area contributed by atoms with Gasteiger partial charge < -0.3 is 4.90 Å². The standard InChI is InChI=1S/C16H36N4O/c1-7-10-12-18-16(5)19(13-11-8-2)20(18)21-15(4)14-17(6)9-3/h15-16H,7-14H2,1-6H3. The zero-order valence-corrected chi connectivity index (χ0v) is 15.0. The summed E-state index contributed by atoms with van der Waals surface area (Å²) in [4.78, 5) is 8.48. The van der Waals surface area contributed by atoms with Crippen LogP contribution in [-0.2, 0) is 4.84 Å². The van der Waals surface area contributed by atoms with Crippen LogP contribution in [0.2, 0.25) is 0 Å². The fraction of sp³-hybridized carbons (Fsp3) is 1.00. The van der Waals surface area contributed by atoms with E-state index in [2.05, 4.69) is 56.6 Å². The first kappa shape index (κ1) is 18.8. The van der Waals surface area contributed by atoms with Gasteiger partial charge in [-0.05, 0) is 45.6 Å². The van der Waals surface area contributed by atoms with E-state index < -0.39 is 0 Å². The van der Waals surface area contributed by atoms with Crippen molar-refractivity contribution in [1.82, 2.24) is 20.2 Å². The first-order valence-corrected chi connectivity index (χ1v) is 8.73. The smallest absolute Gasteiger partial charge is 0.0937 e. The molecular formula is C16H36N4O. The van der Waals surface area contributed by atoms with E-state index in [-0.39, 0.29) is 6.10 Å². The van der Waals surface area contributed by atoms with E-state index in [1.54, 1.807) is 0 Å². The van der Waals surface area contributed by atoms with Crippen molar-refractivity contribution in [2.75, 3.05) is 33.2 Å². The van der Waals surface area contributed by atoms with Crippen molar-refractivity contribution in [2.24, 2.45) is 0 Å². The van der Waals surface area contributed by atoms with E-state index >= 15 is 0 Å². The molecule has 1 aliphatic heterocycles. The first-order valence-electron chi connectivity index (χ1n) is 8.73. The lowest BCUT2D eigenvalue weighted by molar-refractivity contribution is -0.510. The topological polar surface area (TPSA) is 22.2 Å². The van der Waals surface area contributed by atoms with Gasteiger partial charge in [0.1, 0.15) is 0 Å². The number of hydrogen-bond donors (Lipinski definition) is 0. The molecule has 0 bridgehead atoms. The van der Waals surface area contributed by atoms with Crippen molar-refractivity contribution in [3.05, 3.63) is 0 Å². The van der Waals surface area contributed by atoms with Crippen LogP contribution in [0.4, 0.5) is 0 Å². The van der Waals surface area contributed by atoms with Crippen LogP contribution in [0, 0.1) is 0 Å². The lowest BCUT2D eigenvalue weighted by Crippen LogP contribution is -2.74. The second-order valence-electron chi connectivity index (χ2n) is 6.19. The summed E-state index contributed by atoms with van der Waals surface area (Å²) >= 11 is 0. The highest BCUT2D eigenvalue weighted by Gasteiger charge is 2.42. The molecule has 0 N–H and O–H groups in total. The van der Waals surface area contributed by atoms with Crippen molar-refractivity contribution in [1.29, 1.82) is 0 Å². The van der Waals surface area contributed by atoms with Crippen LogP contribution in [0.3, 0.4) is 0 Å². The summed E-state index contributed by atoms with van der Waals surface area (Å²) in [6.07, 6.45) is 5.54. The molecule has 5 heteroatoms. The van der Waals surface area contributed by atoms with Crippen LogP contribution < -0.4 is 0 Å². The van der Waals surface area contributed by atoms with Gasteiger partial charge in [0, 0.05) is 19.6 Å². The number of unbranched alkanes of at least 4 members (excludes halogenated alkanes) is 2.